The minimum atomic E-state index is -0.644. The van der Waals surface area contributed by atoms with Crippen LogP contribution in [0.2, 0.25) is 0 Å². The number of rotatable bonds is 6. The van der Waals surface area contributed by atoms with Crippen molar-refractivity contribution in [2.75, 3.05) is 0 Å². The van der Waals surface area contributed by atoms with Crippen LogP contribution in [0.15, 0.2) is 23.8 Å². The average molecular weight is 363 g/mol. The van der Waals surface area contributed by atoms with Crippen LogP contribution in [0.3, 0.4) is 0 Å². The molecule has 2 saturated carbocycles. The first-order chi connectivity index (χ1) is 12.1. The molecule has 146 valence electrons. The lowest BCUT2D eigenvalue weighted by molar-refractivity contribution is -0.144. The van der Waals surface area contributed by atoms with E-state index in [4.69, 9.17) is 4.74 Å². The number of allylic oxidation sites excluding steroid dienone is 1. The predicted molar refractivity (Wildman–Crippen MR) is 102 cm³/mol. The molecule has 0 heterocycles. The largest absolute Gasteiger partial charge is 0.455 e. The molecule has 0 aromatic carbocycles. The fraction of sp³-hybridized carbons (Fsp3) is 0.727. The molecule has 2 rings (SSSR count). The summed E-state index contributed by atoms with van der Waals surface area (Å²) in [5.41, 5.74) is 1.83. The third-order valence-electron chi connectivity index (χ3n) is 6.10. The minimum absolute atomic E-state index is 0.00801. The molecule has 1 N–H and O–H groups in total. The highest BCUT2D eigenvalue weighted by molar-refractivity contribution is 5.85. The fourth-order valence-electron chi connectivity index (χ4n) is 4.83. The number of carbonyl (C=O) groups excluding carboxylic acids is 2. The van der Waals surface area contributed by atoms with Crippen molar-refractivity contribution < 1.29 is 19.4 Å². The second-order valence-electron chi connectivity index (χ2n) is 8.59. The van der Waals surface area contributed by atoms with Gasteiger partial charge in [0.2, 0.25) is 0 Å². The molecule has 2 fully saturated rings. The van der Waals surface area contributed by atoms with Crippen molar-refractivity contribution in [1.82, 2.24) is 0 Å². The number of hydrogen-bond acceptors (Lipinski definition) is 4. The lowest BCUT2D eigenvalue weighted by Crippen LogP contribution is -2.42. The second kappa shape index (κ2) is 8.51. The molecule has 2 aliphatic rings. The summed E-state index contributed by atoms with van der Waals surface area (Å²) in [6.45, 7) is 14.2. The molecule has 0 aromatic heterocycles. The van der Waals surface area contributed by atoms with Gasteiger partial charge in [0.15, 0.2) is 0 Å². The van der Waals surface area contributed by atoms with Crippen molar-refractivity contribution in [3.63, 3.8) is 0 Å². The van der Waals surface area contributed by atoms with Gasteiger partial charge >= 0.3 is 5.97 Å². The maximum Gasteiger partial charge on any atom is 0.331 e. The van der Waals surface area contributed by atoms with E-state index in [0.717, 1.165) is 24.0 Å². The maximum atomic E-state index is 12.6. The standard InChI is InChI=1S/C22H34O4/c1-7-13(4)9-20(25)26-19-10-16(8-12(2)3)22-17(14(19)5)11-18(24)21(22)15(6)23/h9,12,15-17,19,21-23H,5,7-8,10-11H2,1-4,6H3/b13-9+/t15-,16-,17+,19-,21+,22+/m1/s1. The minimum Gasteiger partial charge on any atom is -0.455 e. The molecule has 0 amide bonds. The number of aliphatic hydroxyl groups excluding tert-OH is 1. The summed E-state index contributed by atoms with van der Waals surface area (Å²) in [5, 5.41) is 10.2. The zero-order valence-corrected chi connectivity index (χ0v) is 16.8. The van der Waals surface area contributed by atoms with Gasteiger partial charge in [-0.1, -0.05) is 32.9 Å². The van der Waals surface area contributed by atoms with Gasteiger partial charge in [0.1, 0.15) is 11.9 Å². The number of ether oxygens (including phenoxy) is 1. The third kappa shape index (κ3) is 4.46. The molecule has 0 unspecified atom stereocenters. The number of aliphatic hydroxyl groups is 1. The van der Waals surface area contributed by atoms with Crippen molar-refractivity contribution in [3.05, 3.63) is 23.8 Å². The molecule has 4 nitrogen and oxygen atoms in total. The normalized spacial score (nSPS) is 33.3. The molecule has 26 heavy (non-hydrogen) atoms. The molecule has 0 radical (unpaired) electrons. The number of ketones is 1. The van der Waals surface area contributed by atoms with Gasteiger partial charge in [0.05, 0.1) is 6.10 Å². The molecule has 6 atom stereocenters. The number of esters is 1. The lowest BCUT2D eigenvalue weighted by atomic mass is 9.64. The van der Waals surface area contributed by atoms with E-state index in [-0.39, 0.29) is 41.5 Å². The molecule has 4 heteroatoms. The van der Waals surface area contributed by atoms with Gasteiger partial charge in [0.25, 0.3) is 0 Å². The van der Waals surface area contributed by atoms with Gasteiger partial charge in [-0.05, 0) is 62.4 Å². The van der Waals surface area contributed by atoms with E-state index in [9.17, 15) is 14.7 Å². The summed E-state index contributed by atoms with van der Waals surface area (Å²) in [5.74, 6) is 0.335. The van der Waals surface area contributed by atoms with Crippen molar-refractivity contribution in [2.24, 2.45) is 29.6 Å². The smallest absolute Gasteiger partial charge is 0.331 e. The molecule has 0 saturated heterocycles. The van der Waals surface area contributed by atoms with Gasteiger partial charge in [-0.3, -0.25) is 4.79 Å². The molecule has 0 aromatic rings. The second-order valence-corrected chi connectivity index (χ2v) is 8.59. The molecular weight excluding hydrogens is 328 g/mol. The van der Waals surface area contributed by atoms with Crippen LogP contribution in [0, 0.1) is 29.6 Å². The van der Waals surface area contributed by atoms with Crippen LogP contribution in [0.5, 0.6) is 0 Å². The lowest BCUT2D eigenvalue weighted by Gasteiger charge is -2.42. The summed E-state index contributed by atoms with van der Waals surface area (Å²) >= 11 is 0. The topological polar surface area (TPSA) is 63.6 Å². The van der Waals surface area contributed by atoms with E-state index in [0.29, 0.717) is 18.8 Å². The quantitative estimate of drug-likeness (QED) is 0.439. The van der Waals surface area contributed by atoms with E-state index in [1.807, 2.05) is 13.8 Å². The first-order valence-electron chi connectivity index (χ1n) is 9.92. The first kappa shape index (κ1) is 20.9. The summed E-state index contributed by atoms with van der Waals surface area (Å²) in [4.78, 5) is 24.8. The van der Waals surface area contributed by atoms with E-state index < -0.39 is 6.10 Å². The third-order valence-corrected chi connectivity index (χ3v) is 6.10. The van der Waals surface area contributed by atoms with E-state index in [2.05, 4.69) is 20.4 Å². The van der Waals surface area contributed by atoms with Crippen LogP contribution in [-0.4, -0.2) is 29.1 Å². The first-order valence-corrected chi connectivity index (χ1v) is 9.92. The van der Waals surface area contributed by atoms with Crippen LogP contribution >= 0.6 is 0 Å². The average Bonchev–Trinajstić information content (AvgIpc) is 2.89. The Morgan fingerprint density at radius 2 is 2.04 bits per heavy atom. The zero-order chi connectivity index (χ0) is 19.6. The number of Topliss-reactive ketones (excluding diaryl/α,β-unsaturated/α-hetero) is 1. The summed E-state index contributed by atoms with van der Waals surface area (Å²) in [6.07, 6.45) is 3.44. The Bertz CT molecular complexity index is 587. The van der Waals surface area contributed by atoms with Crippen LogP contribution < -0.4 is 0 Å². The SMILES string of the molecule is C=C1[C@H](OC(=O)/C=C(\C)CC)C[C@@H](CC(C)C)[C@@H]2[C@@H]([C@@H](C)O)C(=O)C[C@@H]12. The summed E-state index contributed by atoms with van der Waals surface area (Å²) < 4.78 is 5.74. The highest BCUT2D eigenvalue weighted by Crippen LogP contribution is 2.52. The Labute approximate surface area is 157 Å². The Morgan fingerprint density at radius 3 is 2.58 bits per heavy atom. The van der Waals surface area contributed by atoms with Gasteiger partial charge in [-0.25, -0.2) is 4.79 Å². The van der Waals surface area contributed by atoms with Crippen molar-refractivity contribution in [1.29, 1.82) is 0 Å². The van der Waals surface area contributed by atoms with Crippen LogP contribution in [-0.2, 0) is 14.3 Å². The predicted octanol–water partition coefficient (Wildman–Crippen LogP) is 4.08. The molecule has 0 bridgehead atoms. The molecule has 0 aliphatic heterocycles. The monoisotopic (exact) mass is 362 g/mol. The van der Waals surface area contributed by atoms with Gasteiger partial charge in [-0.2, -0.15) is 0 Å². The summed E-state index contributed by atoms with van der Waals surface area (Å²) in [6, 6.07) is 0. The Balaban J connectivity index is 2.24. The Hall–Kier alpha value is -1.42. The van der Waals surface area contributed by atoms with Crippen molar-refractivity contribution in [3.8, 4) is 0 Å². The maximum absolute atomic E-state index is 12.6. The number of hydrogen-bond donors (Lipinski definition) is 1. The number of fused-ring (bicyclic) bond motifs is 1. The molecule has 2 aliphatic carbocycles. The Kier molecular flexibility index (Phi) is 6.84. The van der Waals surface area contributed by atoms with Crippen LogP contribution in [0.1, 0.15) is 60.3 Å². The number of carbonyl (C=O) groups is 2. The fourth-order valence-corrected chi connectivity index (χ4v) is 4.83. The zero-order valence-electron chi connectivity index (χ0n) is 16.8. The molecule has 0 spiro atoms. The molecular formula is C22H34O4. The van der Waals surface area contributed by atoms with E-state index in [1.165, 1.54) is 0 Å². The summed E-state index contributed by atoms with van der Waals surface area (Å²) in [7, 11) is 0. The van der Waals surface area contributed by atoms with Crippen LogP contribution in [0.25, 0.3) is 0 Å². The van der Waals surface area contributed by atoms with Gasteiger partial charge < -0.3 is 9.84 Å². The van der Waals surface area contributed by atoms with Crippen LogP contribution in [0.4, 0.5) is 0 Å². The van der Waals surface area contributed by atoms with E-state index >= 15 is 0 Å². The Morgan fingerprint density at radius 1 is 1.38 bits per heavy atom. The van der Waals surface area contributed by atoms with Gasteiger partial charge in [-0.15, -0.1) is 0 Å². The van der Waals surface area contributed by atoms with Crippen molar-refractivity contribution in [2.45, 2.75) is 72.5 Å². The van der Waals surface area contributed by atoms with Crippen molar-refractivity contribution >= 4 is 11.8 Å². The highest BCUT2D eigenvalue weighted by atomic mass is 16.5. The highest BCUT2D eigenvalue weighted by Gasteiger charge is 2.53. The van der Waals surface area contributed by atoms with E-state index in [1.54, 1.807) is 13.0 Å². The van der Waals surface area contributed by atoms with Gasteiger partial charge in [0, 0.05) is 18.4 Å².